The topological polar surface area (TPSA) is 73.0 Å². The number of ether oxygens (including phenoxy) is 2. The average Bonchev–Trinajstić information content (AvgIpc) is 2.88. The summed E-state index contributed by atoms with van der Waals surface area (Å²) in [6.45, 7) is 1.81. The van der Waals surface area contributed by atoms with Gasteiger partial charge in [-0.3, -0.25) is 0 Å². The summed E-state index contributed by atoms with van der Waals surface area (Å²) in [5.41, 5.74) is 1.24. The van der Waals surface area contributed by atoms with Crippen LogP contribution in [-0.2, 0) is 13.0 Å². The van der Waals surface area contributed by atoms with Crippen LogP contribution < -0.4 is 9.47 Å². The first-order valence-corrected chi connectivity index (χ1v) is 8.77. The molecule has 0 unspecified atom stereocenters. The second-order valence-corrected chi connectivity index (χ2v) is 6.51. The van der Waals surface area contributed by atoms with Crippen molar-refractivity contribution in [2.24, 2.45) is 0 Å². The zero-order valence-corrected chi connectivity index (χ0v) is 14.4. The van der Waals surface area contributed by atoms with Gasteiger partial charge in [0.15, 0.2) is 17.3 Å². The van der Waals surface area contributed by atoms with E-state index >= 15 is 0 Å². The third kappa shape index (κ3) is 3.08. The molecule has 7 heteroatoms. The molecule has 1 aromatic heterocycles. The highest BCUT2D eigenvalue weighted by atomic mass is 35.5. The lowest BCUT2D eigenvalue weighted by Gasteiger charge is -2.19. The van der Waals surface area contributed by atoms with Crippen LogP contribution in [0.2, 0.25) is 5.02 Å². The smallest absolute Gasteiger partial charge is 0.179 e. The molecule has 0 amide bonds. The molecule has 0 bridgehead atoms. The van der Waals surface area contributed by atoms with Crippen molar-refractivity contribution in [3.8, 4) is 17.6 Å². The number of aromatic nitrogens is 3. The van der Waals surface area contributed by atoms with E-state index in [1.165, 1.54) is 6.42 Å². The largest absolute Gasteiger partial charge is 0.486 e. The minimum absolute atomic E-state index is 0.466. The highest BCUT2D eigenvalue weighted by molar-refractivity contribution is 6.32. The highest BCUT2D eigenvalue weighted by Crippen LogP contribution is 2.39. The van der Waals surface area contributed by atoms with Crippen LogP contribution in [0.15, 0.2) is 12.1 Å². The van der Waals surface area contributed by atoms with Gasteiger partial charge in [-0.05, 0) is 36.6 Å². The van der Waals surface area contributed by atoms with Crippen molar-refractivity contribution in [1.82, 2.24) is 14.8 Å². The number of allylic oxidation sites excluding steroid dienone is 1. The standard InChI is InChI=1S/C18H17ClN4O2/c19-14-9-12(10-15-17(14)25-7-6-24-15)8-13(11-20)18-22-21-16-4-2-1-3-5-23(16)18/h8-10H,1-7H2/b13-8-. The van der Waals surface area contributed by atoms with Gasteiger partial charge in [0.2, 0.25) is 0 Å². The number of halogens is 1. The minimum atomic E-state index is 0.466. The van der Waals surface area contributed by atoms with Crippen molar-refractivity contribution in [2.75, 3.05) is 13.2 Å². The van der Waals surface area contributed by atoms with E-state index in [9.17, 15) is 5.26 Å². The lowest BCUT2D eigenvalue weighted by molar-refractivity contribution is 0.171. The van der Waals surface area contributed by atoms with Crippen LogP contribution in [0, 0.1) is 11.3 Å². The summed E-state index contributed by atoms with van der Waals surface area (Å²) in [6, 6.07) is 5.85. The van der Waals surface area contributed by atoms with Crippen LogP contribution in [-0.4, -0.2) is 28.0 Å². The Morgan fingerprint density at radius 3 is 2.96 bits per heavy atom. The molecule has 128 valence electrons. The average molecular weight is 357 g/mol. The van der Waals surface area contributed by atoms with Crippen molar-refractivity contribution < 1.29 is 9.47 Å². The molecule has 0 spiro atoms. The third-order valence-electron chi connectivity index (χ3n) is 4.40. The van der Waals surface area contributed by atoms with Gasteiger partial charge in [0, 0.05) is 13.0 Å². The Morgan fingerprint density at radius 2 is 2.08 bits per heavy atom. The van der Waals surface area contributed by atoms with Crippen LogP contribution in [0.5, 0.6) is 11.5 Å². The molecule has 0 aliphatic carbocycles. The Balaban J connectivity index is 1.74. The molecule has 3 heterocycles. The summed E-state index contributed by atoms with van der Waals surface area (Å²) < 4.78 is 13.2. The van der Waals surface area contributed by atoms with E-state index in [1.807, 2.05) is 6.07 Å². The van der Waals surface area contributed by atoms with Crippen molar-refractivity contribution in [3.05, 3.63) is 34.4 Å². The fourth-order valence-corrected chi connectivity index (χ4v) is 3.49. The first-order valence-electron chi connectivity index (χ1n) is 8.39. The molecule has 1 aromatic carbocycles. The van der Waals surface area contributed by atoms with Crippen molar-refractivity contribution in [2.45, 2.75) is 32.2 Å². The first kappa shape index (κ1) is 16.0. The van der Waals surface area contributed by atoms with Gasteiger partial charge in [0.25, 0.3) is 0 Å². The summed E-state index contributed by atoms with van der Waals surface area (Å²) in [6.07, 6.45) is 6.04. The molecule has 0 N–H and O–H groups in total. The zero-order valence-electron chi connectivity index (χ0n) is 13.7. The quantitative estimate of drug-likeness (QED) is 0.770. The lowest BCUT2D eigenvalue weighted by atomic mass is 10.1. The molecule has 2 aliphatic rings. The van der Waals surface area contributed by atoms with Gasteiger partial charge in [-0.15, -0.1) is 10.2 Å². The Bertz CT molecular complexity index is 882. The Labute approximate surface area is 150 Å². The lowest BCUT2D eigenvalue weighted by Crippen LogP contribution is -2.15. The molecular formula is C18H17ClN4O2. The summed E-state index contributed by atoms with van der Waals surface area (Å²) in [7, 11) is 0. The van der Waals surface area contributed by atoms with E-state index in [2.05, 4.69) is 20.8 Å². The van der Waals surface area contributed by atoms with Crippen LogP contribution in [0.25, 0.3) is 11.6 Å². The highest BCUT2D eigenvalue weighted by Gasteiger charge is 2.19. The van der Waals surface area contributed by atoms with Gasteiger partial charge >= 0.3 is 0 Å². The van der Waals surface area contributed by atoms with Gasteiger partial charge in [-0.25, -0.2) is 0 Å². The fourth-order valence-electron chi connectivity index (χ4n) is 3.21. The third-order valence-corrected chi connectivity index (χ3v) is 4.68. The Hall–Kier alpha value is -2.52. The maximum Gasteiger partial charge on any atom is 0.179 e. The summed E-state index contributed by atoms with van der Waals surface area (Å²) in [4.78, 5) is 0. The fraction of sp³-hybridized carbons (Fsp3) is 0.389. The molecule has 0 radical (unpaired) electrons. The van der Waals surface area contributed by atoms with Gasteiger partial charge in [0.1, 0.15) is 25.1 Å². The zero-order chi connectivity index (χ0) is 17.2. The van der Waals surface area contributed by atoms with E-state index in [-0.39, 0.29) is 0 Å². The Morgan fingerprint density at radius 1 is 1.20 bits per heavy atom. The Kier molecular flexibility index (Phi) is 4.33. The number of hydrogen-bond acceptors (Lipinski definition) is 5. The van der Waals surface area contributed by atoms with E-state index < -0.39 is 0 Å². The molecular weight excluding hydrogens is 340 g/mol. The molecule has 4 rings (SSSR count). The predicted molar refractivity (Wildman–Crippen MR) is 93.5 cm³/mol. The second kappa shape index (κ2) is 6.77. The number of nitriles is 1. The number of hydrogen-bond donors (Lipinski definition) is 0. The number of aryl methyl sites for hydroxylation is 1. The number of nitrogens with zero attached hydrogens (tertiary/aromatic N) is 4. The molecule has 0 atom stereocenters. The molecule has 0 fully saturated rings. The minimum Gasteiger partial charge on any atom is -0.486 e. The molecule has 2 aliphatic heterocycles. The van der Waals surface area contributed by atoms with Crippen LogP contribution >= 0.6 is 11.6 Å². The number of benzene rings is 1. The normalized spacial score (nSPS) is 16.7. The SMILES string of the molecule is N#C/C(=C/c1cc(Cl)c2c(c1)OCCO2)c1nnc2n1CCCCC2. The predicted octanol–water partition coefficient (Wildman–Crippen LogP) is 3.49. The second-order valence-electron chi connectivity index (χ2n) is 6.10. The van der Waals surface area contributed by atoms with Crippen LogP contribution in [0.3, 0.4) is 0 Å². The van der Waals surface area contributed by atoms with E-state index in [1.54, 1.807) is 12.1 Å². The molecule has 6 nitrogen and oxygen atoms in total. The number of fused-ring (bicyclic) bond motifs is 2. The van der Waals surface area contributed by atoms with Crippen LogP contribution in [0.4, 0.5) is 0 Å². The number of rotatable bonds is 2. The van der Waals surface area contributed by atoms with Gasteiger partial charge in [0.05, 0.1) is 10.6 Å². The van der Waals surface area contributed by atoms with Crippen molar-refractivity contribution in [3.63, 3.8) is 0 Å². The van der Waals surface area contributed by atoms with E-state index in [4.69, 9.17) is 21.1 Å². The van der Waals surface area contributed by atoms with E-state index in [0.29, 0.717) is 41.1 Å². The van der Waals surface area contributed by atoms with E-state index in [0.717, 1.165) is 37.2 Å². The van der Waals surface area contributed by atoms with Crippen LogP contribution in [0.1, 0.15) is 36.5 Å². The molecule has 0 saturated carbocycles. The van der Waals surface area contributed by atoms with Crippen molar-refractivity contribution in [1.29, 1.82) is 5.26 Å². The summed E-state index contributed by atoms with van der Waals surface area (Å²) in [5, 5.41) is 18.6. The maximum atomic E-state index is 9.65. The maximum absolute atomic E-state index is 9.65. The summed E-state index contributed by atoms with van der Waals surface area (Å²) >= 11 is 6.29. The molecule has 25 heavy (non-hydrogen) atoms. The van der Waals surface area contributed by atoms with Gasteiger partial charge in [-0.1, -0.05) is 18.0 Å². The molecule has 0 saturated heterocycles. The first-order chi connectivity index (χ1) is 12.3. The summed E-state index contributed by atoms with van der Waals surface area (Å²) in [5.74, 6) is 2.72. The van der Waals surface area contributed by atoms with Gasteiger partial charge in [-0.2, -0.15) is 5.26 Å². The van der Waals surface area contributed by atoms with Crippen molar-refractivity contribution >= 4 is 23.3 Å². The van der Waals surface area contributed by atoms with Gasteiger partial charge < -0.3 is 14.0 Å². The monoisotopic (exact) mass is 356 g/mol. The molecule has 2 aromatic rings.